The van der Waals surface area contributed by atoms with E-state index in [0.717, 1.165) is 0 Å². The Bertz CT molecular complexity index is 623. The maximum atomic E-state index is 11.9. The third-order valence-corrected chi connectivity index (χ3v) is 2.27. The van der Waals surface area contributed by atoms with Crippen molar-refractivity contribution in [3.63, 3.8) is 0 Å². The molecule has 0 aliphatic rings. The lowest BCUT2D eigenvalue weighted by Gasteiger charge is -2.06. The van der Waals surface area contributed by atoms with Crippen molar-refractivity contribution < 1.29 is 4.74 Å². The summed E-state index contributed by atoms with van der Waals surface area (Å²) in [6, 6.07) is 8.92. The van der Waals surface area contributed by atoms with E-state index in [1.165, 1.54) is 0 Å². The molecular formula is C12H10N2O2. The van der Waals surface area contributed by atoms with Gasteiger partial charge in [0.2, 0.25) is 11.3 Å². The summed E-state index contributed by atoms with van der Waals surface area (Å²) < 4.78 is 5.24. The highest BCUT2D eigenvalue weighted by atomic mass is 16.5. The number of hydrogen-bond acceptors (Lipinski definition) is 3. The van der Waals surface area contributed by atoms with Crippen molar-refractivity contribution in [1.29, 1.82) is 5.26 Å². The number of rotatable bonds is 2. The second kappa shape index (κ2) is 4.07. The first-order valence-electron chi connectivity index (χ1n) is 4.95. The van der Waals surface area contributed by atoms with E-state index in [1.807, 2.05) is 12.1 Å². The first kappa shape index (κ1) is 10.2. The van der Waals surface area contributed by atoms with E-state index in [1.54, 1.807) is 25.1 Å². The van der Waals surface area contributed by atoms with Gasteiger partial charge in [-0.1, -0.05) is 12.1 Å². The first-order valence-corrected chi connectivity index (χ1v) is 4.95. The van der Waals surface area contributed by atoms with Gasteiger partial charge in [0.05, 0.1) is 12.1 Å². The summed E-state index contributed by atoms with van der Waals surface area (Å²) in [4.78, 5) is 14.9. The number of nitrogens with one attached hydrogen (secondary N) is 1. The number of H-pyrrole nitrogens is 1. The fraction of sp³-hybridized carbons (Fsp3) is 0.167. The third kappa shape index (κ3) is 1.52. The minimum atomic E-state index is -0.291. The predicted molar refractivity (Wildman–Crippen MR) is 60.5 cm³/mol. The van der Waals surface area contributed by atoms with Crippen molar-refractivity contribution in [2.75, 3.05) is 6.61 Å². The van der Waals surface area contributed by atoms with Gasteiger partial charge in [-0.25, -0.2) is 0 Å². The van der Waals surface area contributed by atoms with Gasteiger partial charge < -0.3 is 9.72 Å². The van der Waals surface area contributed by atoms with E-state index in [4.69, 9.17) is 10.00 Å². The molecule has 2 rings (SSSR count). The molecule has 0 fully saturated rings. The Labute approximate surface area is 92.1 Å². The van der Waals surface area contributed by atoms with Crippen molar-refractivity contribution in [3.05, 3.63) is 40.1 Å². The van der Waals surface area contributed by atoms with Crippen LogP contribution in [0, 0.1) is 11.3 Å². The molecule has 4 heteroatoms. The van der Waals surface area contributed by atoms with Gasteiger partial charge in [-0.3, -0.25) is 4.79 Å². The second-order valence-corrected chi connectivity index (χ2v) is 3.25. The van der Waals surface area contributed by atoms with Gasteiger partial charge in [-0.05, 0) is 19.1 Å². The molecule has 1 aromatic carbocycles. The number of benzene rings is 1. The molecule has 0 bridgehead atoms. The standard InChI is InChI=1S/C12H10N2O2/c1-2-16-12-9(7-13)11(15)8-5-3-4-6-10(8)14-12/h3-6H,2H2,1H3,(H,14,15). The number of fused-ring (bicyclic) bond motifs is 1. The second-order valence-electron chi connectivity index (χ2n) is 3.25. The number of para-hydroxylation sites is 1. The molecule has 2 aromatic rings. The number of ether oxygens (including phenoxy) is 1. The van der Waals surface area contributed by atoms with Crippen molar-refractivity contribution in [1.82, 2.24) is 4.98 Å². The molecule has 0 saturated carbocycles. The highest BCUT2D eigenvalue weighted by Gasteiger charge is 2.11. The van der Waals surface area contributed by atoms with Crippen LogP contribution in [-0.2, 0) is 0 Å². The van der Waals surface area contributed by atoms with Crippen LogP contribution in [0.15, 0.2) is 29.1 Å². The lowest BCUT2D eigenvalue weighted by Crippen LogP contribution is -2.11. The van der Waals surface area contributed by atoms with Crippen molar-refractivity contribution in [2.24, 2.45) is 0 Å². The van der Waals surface area contributed by atoms with Crippen LogP contribution in [0.25, 0.3) is 10.9 Å². The molecule has 0 saturated heterocycles. The Balaban J connectivity index is 2.83. The van der Waals surface area contributed by atoms with Crippen LogP contribution in [0.1, 0.15) is 12.5 Å². The molecule has 0 aliphatic heterocycles. The molecule has 16 heavy (non-hydrogen) atoms. The lowest BCUT2D eigenvalue weighted by molar-refractivity contribution is 0.327. The van der Waals surface area contributed by atoms with Gasteiger partial charge >= 0.3 is 0 Å². The van der Waals surface area contributed by atoms with E-state index in [-0.39, 0.29) is 16.9 Å². The molecule has 1 heterocycles. The van der Waals surface area contributed by atoms with Gasteiger partial charge in [-0.15, -0.1) is 0 Å². The van der Waals surface area contributed by atoms with Crippen LogP contribution < -0.4 is 10.2 Å². The van der Waals surface area contributed by atoms with Gasteiger partial charge in [-0.2, -0.15) is 5.26 Å². The topological polar surface area (TPSA) is 65.9 Å². The number of nitrogens with zero attached hydrogens (tertiary/aromatic N) is 1. The maximum absolute atomic E-state index is 11.9. The Morgan fingerprint density at radius 2 is 2.19 bits per heavy atom. The van der Waals surface area contributed by atoms with Gasteiger partial charge in [0.25, 0.3) is 0 Å². The van der Waals surface area contributed by atoms with Crippen LogP contribution in [0.2, 0.25) is 0 Å². The number of pyridine rings is 1. The molecule has 80 valence electrons. The van der Waals surface area contributed by atoms with Crippen molar-refractivity contribution >= 4 is 10.9 Å². The molecule has 0 atom stereocenters. The predicted octanol–water partition coefficient (Wildman–Crippen LogP) is 1.80. The summed E-state index contributed by atoms with van der Waals surface area (Å²) in [5, 5.41) is 9.44. The summed E-state index contributed by atoms with van der Waals surface area (Å²) in [6.45, 7) is 2.21. The molecule has 0 radical (unpaired) electrons. The van der Waals surface area contributed by atoms with Crippen LogP contribution in [-0.4, -0.2) is 11.6 Å². The summed E-state index contributed by atoms with van der Waals surface area (Å²) in [5.41, 5.74) is 0.413. The molecule has 4 nitrogen and oxygen atoms in total. The molecule has 0 amide bonds. The van der Waals surface area contributed by atoms with Gasteiger partial charge in [0.1, 0.15) is 6.07 Å². The van der Waals surface area contributed by atoms with Gasteiger partial charge in [0.15, 0.2) is 5.56 Å². The monoisotopic (exact) mass is 214 g/mol. The highest BCUT2D eigenvalue weighted by molar-refractivity contribution is 5.80. The molecular weight excluding hydrogens is 204 g/mol. The van der Waals surface area contributed by atoms with Crippen molar-refractivity contribution in [2.45, 2.75) is 6.92 Å². The highest BCUT2D eigenvalue weighted by Crippen LogP contribution is 2.16. The van der Waals surface area contributed by atoms with Crippen LogP contribution in [0.3, 0.4) is 0 Å². The number of aromatic nitrogens is 1. The Hall–Kier alpha value is -2.28. The van der Waals surface area contributed by atoms with E-state index < -0.39 is 0 Å². The molecule has 0 aliphatic carbocycles. The normalized spacial score (nSPS) is 10.0. The van der Waals surface area contributed by atoms with E-state index in [2.05, 4.69) is 4.98 Å². The zero-order chi connectivity index (χ0) is 11.5. The lowest BCUT2D eigenvalue weighted by atomic mass is 10.1. The van der Waals surface area contributed by atoms with Crippen LogP contribution >= 0.6 is 0 Å². The summed E-state index contributed by atoms with van der Waals surface area (Å²) in [6.07, 6.45) is 0. The molecule has 1 aromatic heterocycles. The Kier molecular flexibility index (Phi) is 2.61. The molecule has 0 spiro atoms. The van der Waals surface area contributed by atoms with Crippen LogP contribution in [0.5, 0.6) is 5.88 Å². The van der Waals surface area contributed by atoms with E-state index in [0.29, 0.717) is 17.5 Å². The summed E-state index contributed by atoms with van der Waals surface area (Å²) in [7, 11) is 0. The molecule has 1 N–H and O–H groups in total. The van der Waals surface area contributed by atoms with Gasteiger partial charge in [0, 0.05) is 5.39 Å². The Morgan fingerprint density at radius 3 is 2.88 bits per heavy atom. The number of aromatic amines is 1. The fourth-order valence-corrected chi connectivity index (χ4v) is 1.57. The number of hydrogen-bond donors (Lipinski definition) is 1. The van der Waals surface area contributed by atoms with E-state index >= 15 is 0 Å². The minimum absolute atomic E-state index is 0.0283. The molecule has 0 unspecified atom stereocenters. The SMILES string of the molecule is CCOc1[nH]c2ccccc2c(=O)c1C#N. The van der Waals surface area contributed by atoms with Crippen molar-refractivity contribution in [3.8, 4) is 11.9 Å². The minimum Gasteiger partial charge on any atom is -0.478 e. The average Bonchev–Trinajstić information content (AvgIpc) is 2.30. The summed E-state index contributed by atoms with van der Waals surface area (Å²) >= 11 is 0. The van der Waals surface area contributed by atoms with E-state index in [9.17, 15) is 4.79 Å². The zero-order valence-corrected chi connectivity index (χ0v) is 8.78. The summed E-state index contributed by atoms with van der Waals surface area (Å²) in [5.74, 6) is 0.244. The first-order chi connectivity index (χ1) is 7.77. The third-order valence-electron chi connectivity index (χ3n) is 2.27. The largest absolute Gasteiger partial charge is 0.478 e. The smallest absolute Gasteiger partial charge is 0.213 e. The zero-order valence-electron chi connectivity index (χ0n) is 8.78. The quantitative estimate of drug-likeness (QED) is 0.828. The average molecular weight is 214 g/mol. The number of nitriles is 1. The maximum Gasteiger partial charge on any atom is 0.213 e. The fourth-order valence-electron chi connectivity index (χ4n) is 1.57. The Morgan fingerprint density at radius 1 is 1.44 bits per heavy atom. The van der Waals surface area contributed by atoms with Crippen LogP contribution in [0.4, 0.5) is 0 Å².